The van der Waals surface area contributed by atoms with Crippen LogP contribution >= 0.6 is 11.8 Å². The van der Waals surface area contributed by atoms with Crippen molar-refractivity contribution in [2.24, 2.45) is 0 Å². The number of aliphatic carboxylic acids is 1. The molecule has 1 aromatic heterocycles. The number of aromatic nitrogens is 1. The van der Waals surface area contributed by atoms with Crippen molar-refractivity contribution in [3.05, 3.63) is 60.2 Å². The van der Waals surface area contributed by atoms with Gasteiger partial charge in [0.15, 0.2) is 0 Å². The van der Waals surface area contributed by atoms with Gasteiger partial charge in [0, 0.05) is 16.7 Å². The number of benzene rings is 2. The van der Waals surface area contributed by atoms with Gasteiger partial charge in [0.05, 0.1) is 11.4 Å². The Morgan fingerprint density at radius 2 is 1.76 bits per heavy atom. The number of hydrogen-bond acceptors (Lipinski definition) is 2. The first-order chi connectivity index (χ1) is 10.3. The van der Waals surface area contributed by atoms with Crippen LogP contribution in [-0.2, 0) is 10.5 Å². The molecule has 2 aromatic carbocycles. The van der Waals surface area contributed by atoms with E-state index in [1.807, 2.05) is 36.4 Å². The summed E-state index contributed by atoms with van der Waals surface area (Å²) in [6, 6.07) is 18.3. The van der Waals surface area contributed by atoms with E-state index in [1.165, 1.54) is 17.3 Å². The molecule has 0 unspecified atom stereocenters. The fourth-order valence-corrected chi connectivity index (χ4v) is 3.22. The Morgan fingerprint density at radius 1 is 1.05 bits per heavy atom. The van der Waals surface area contributed by atoms with Gasteiger partial charge in [0.1, 0.15) is 0 Å². The summed E-state index contributed by atoms with van der Waals surface area (Å²) in [6.07, 6.45) is 0. The Balaban J connectivity index is 2.04. The molecule has 1 heterocycles. The molecule has 0 radical (unpaired) electrons. The van der Waals surface area contributed by atoms with E-state index in [2.05, 4.69) is 23.2 Å². The zero-order chi connectivity index (χ0) is 14.7. The number of carboxylic acid groups (broad SMARTS) is 1. The Labute approximate surface area is 127 Å². The minimum atomic E-state index is -0.777. The normalized spacial score (nSPS) is 10.9. The third kappa shape index (κ3) is 2.95. The Morgan fingerprint density at radius 3 is 2.52 bits per heavy atom. The summed E-state index contributed by atoms with van der Waals surface area (Å²) in [4.78, 5) is 14.2. The second-order valence-electron chi connectivity index (χ2n) is 4.78. The molecule has 0 saturated carbocycles. The highest BCUT2D eigenvalue weighted by molar-refractivity contribution is 7.99. The van der Waals surface area contributed by atoms with Gasteiger partial charge in [0.2, 0.25) is 0 Å². The lowest BCUT2D eigenvalue weighted by Crippen LogP contribution is -1.98. The summed E-state index contributed by atoms with van der Waals surface area (Å²) in [6.45, 7) is 0. The maximum atomic E-state index is 10.7. The van der Waals surface area contributed by atoms with Crippen molar-refractivity contribution in [2.75, 3.05) is 5.75 Å². The zero-order valence-corrected chi connectivity index (χ0v) is 12.2. The molecule has 3 rings (SSSR count). The van der Waals surface area contributed by atoms with E-state index in [1.54, 1.807) is 0 Å². The molecule has 0 aliphatic rings. The average Bonchev–Trinajstić information content (AvgIpc) is 2.87. The summed E-state index contributed by atoms with van der Waals surface area (Å²) < 4.78 is 0. The Kier molecular flexibility index (Phi) is 3.97. The van der Waals surface area contributed by atoms with E-state index < -0.39 is 5.97 Å². The van der Waals surface area contributed by atoms with Crippen LogP contribution in [0, 0.1) is 0 Å². The second-order valence-corrected chi connectivity index (χ2v) is 5.76. The molecular weight excluding hydrogens is 282 g/mol. The lowest BCUT2D eigenvalue weighted by atomic mass is 10.1. The van der Waals surface area contributed by atoms with Crippen molar-refractivity contribution < 1.29 is 9.90 Å². The van der Waals surface area contributed by atoms with Gasteiger partial charge in [-0.25, -0.2) is 0 Å². The van der Waals surface area contributed by atoms with E-state index in [0.717, 1.165) is 22.2 Å². The minimum absolute atomic E-state index is 0.119. The molecule has 3 aromatic rings. The predicted molar refractivity (Wildman–Crippen MR) is 87.5 cm³/mol. The van der Waals surface area contributed by atoms with E-state index in [9.17, 15) is 4.79 Å². The summed E-state index contributed by atoms with van der Waals surface area (Å²) in [7, 11) is 0. The number of nitrogens with one attached hydrogen (secondary N) is 1. The van der Waals surface area contributed by atoms with Crippen molar-refractivity contribution in [2.45, 2.75) is 5.75 Å². The summed E-state index contributed by atoms with van der Waals surface area (Å²) in [5, 5.41) is 9.97. The van der Waals surface area contributed by atoms with Crippen molar-refractivity contribution in [3.63, 3.8) is 0 Å². The molecule has 21 heavy (non-hydrogen) atoms. The second kappa shape index (κ2) is 6.06. The number of rotatable bonds is 5. The van der Waals surface area contributed by atoms with Crippen LogP contribution < -0.4 is 0 Å². The number of carboxylic acids is 1. The van der Waals surface area contributed by atoms with E-state index >= 15 is 0 Å². The van der Waals surface area contributed by atoms with Gasteiger partial charge in [-0.3, -0.25) is 4.79 Å². The summed E-state index contributed by atoms with van der Waals surface area (Å²) >= 11 is 1.42. The molecular formula is C17H15NO2S. The first-order valence-corrected chi connectivity index (χ1v) is 7.85. The molecule has 0 amide bonds. The molecule has 0 saturated heterocycles. The predicted octanol–water partition coefficient (Wildman–Crippen LogP) is 4.15. The number of fused-ring (bicyclic) bond motifs is 1. The van der Waals surface area contributed by atoms with Crippen molar-refractivity contribution in [1.82, 2.24) is 4.98 Å². The van der Waals surface area contributed by atoms with Gasteiger partial charge in [-0.2, -0.15) is 0 Å². The zero-order valence-electron chi connectivity index (χ0n) is 11.4. The maximum Gasteiger partial charge on any atom is 0.313 e. The number of para-hydroxylation sites is 1. The standard InChI is InChI=1S/C17H15NO2S/c19-16(20)11-21-10-14-13-8-4-5-9-15(13)18-17(14)12-6-2-1-3-7-12/h1-9,18H,10-11H2,(H,19,20). The van der Waals surface area contributed by atoms with Gasteiger partial charge in [-0.1, -0.05) is 48.5 Å². The number of hydrogen-bond donors (Lipinski definition) is 2. The van der Waals surface area contributed by atoms with Crippen molar-refractivity contribution in [1.29, 1.82) is 0 Å². The average molecular weight is 297 g/mol. The van der Waals surface area contributed by atoms with Crippen molar-refractivity contribution in [3.8, 4) is 11.3 Å². The summed E-state index contributed by atoms with van der Waals surface area (Å²) in [5.41, 5.74) is 4.46. The highest BCUT2D eigenvalue weighted by Gasteiger charge is 2.13. The van der Waals surface area contributed by atoms with Crippen LogP contribution in [0.15, 0.2) is 54.6 Å². The van der Waals surface area contributed by atoms with E-state index in [-0.39, 0.29) is 5.75 Å². The lowest BCUT2D eigenvalue weighted by molar-refractivity contribution is -0.133. The first-order valence-electron chi connectivity index (χ1n) is 6.70. The topological polar surface area (TPSA) is 53.1 Å². The van der Waals surface area contributed by atoms with Crippen LogP contribution in [0.1, 0.15) is 5.56 Å². The lowest BCUT2D eigenvalue weighted by Gasteiger charge is -2.04. The third-order valence-corrected chi connectivity index (χ3v) is 4.29. The Hall–Kier alpha value is -2.20. The molecule has 0 bridgehead atoms. The molecule has 0 spiro atoms. The van der Waals surface area contributed by atoms with Gasteiger partial charge < -0.3 is 10.1 Å². The molecule has 0 fully saturated rings. The van der Waals surface area contributed by atoms with Crippen molar-refractivity contribution >= 4 is 28.6 Å². The number of carbonyl (C=O) groups is 1. The molecule has 106 valence electrons. The van der Waals surface area contributed by atoms with Crippen LogP contribution in [0.4, 0.5) is 0 Å². The van der Waals surface area contributed by atoms with Gasteiger partial charge in [0.25, 0.3) is 0 Å². The minimum Gasteiger partial charge on any atom is -0.481 e. The molecule has 0 atom stereocenters. The van der Waals surface area contributed by atoms with Crippen LogP contribution in [0.25, 0.3) is 22.2 Å². The van der Waals surface area contributed by atoms with Gasteiger partial charge in [-0.05, 0) is 17.2 Å². The number of H-pyrrole nitrogens is 1. The maximum absolute atomic E-state index is 10.7. The molecule has 0 aliphatic heterocycles. The highest BCUT2D eigenvalue weighted by Crippen LogP contribution is 2.32. The van der Waals surface area contributed by atoms with Gasteiger partial charge in [-0.15, -0.1) is 11.8 Å². The SMILES string of the molecule is O=C(O)CSCc1c(-c2ccccc2)[nH]c2ccccc12. The van der Waals surface area contributed by atoms with Crippen LogP contribution in [-0.4, -0.2) is 21.8 Å². The Bertz CT molecular complexity index is 765. The highest BCUT2D eigenvalue weighted by atomic mass is 32.2. The molecule has 3 nitrogen and oxygen atoms in total. The molecule has 2 N–H and O–H groups in total. The number of aromatic amines is 1. The van der Waals surface area contributed by atoms with E-state index in [0.29, 0.717) is 5.75 Å². The van der Waals surface area contributed by atoms with E-state index in [4.69, 9.17) is 5.11 Å². The smallest absolute Gasteiger partial charge is 0.313 e. The largest absolute Gasteiger partial charge is 0.481 e. The molecule has 4 heteroatoms. The quantitative estimate of drug-likeness (QED) is 0.743. The summed E-state index contributed by atoms with van der Waals surface area (Å²) in [5.74, 6) is 0.0231. The van der Waals surface area contributed by atoms with Crippen LogP contribution in [0.3, 0.4) is 0 Å². The fraction of sp³-hybridized carbons (Fsp3) is 0.118. The monoisotopic (exact) mass is 297 g/mol. The fourth-order valence-electron chi connectivity index (χ4n) is 2.44. The number of thioether (sulfide) groups is 1. The third-order valence-electron chi connectivity index (χ3n) is 3.35. The van der Waals surface area contributed by atoms with Crippen LogP contribution in [0.2, 0.25) is 0 Å². The first kappa shape index (κ1) is 13.8. The van der Waals surface area contributed by atoms with Gasteiger partial charge >= 0.3 is 5.97 Å². The van der Waals surface area contributed by atoms with Crippen LogP contribution in [0.5, 0.6) is 0 Å². The molecule has 0 aliphatic carbocycles.